The highest BCUT2D eigenvalue weighted by atomic mass is 16.5. The number of aryl methyl sites for hydroxylation is 1. The molecule has 6 nitrogen and oxygen atoms in total. The summed E-state index contributed by atoms with van der Waals surface area (Å²) in [6, 6.07) is 0. The summed E-state index contributed by atoms with van der Waals surface area (Å²) < 4.78 is 7.03. The molecule has 3 N–H and O–H groups in total. The molecular formula is C10H18N4O2. The van der Waals surface area contributed by atoms with Crippen molar-refractivity contribution in [1.82, 2.24) is 14.9 Å². The Balaban J connectivity index is 1.83. The van der Waals surface area contributed by atoms with Crippen molar-refractivity contribution in [2.75, 3.05) is 26.3 Å². The predicted molar refractivity (Wildman–Crippen MR) is 59.7 cm³/mol. The molecule has 0 radical (unpaired) electrons. The largest absolute Gasteiger partial charge is 0.370 e. The van der Waals surface area contributed by atoms with Crippen molar-refractivity contribution in [3.63, 3.8) is 0 Å². The monoisotopic (exact) mass is 226 g/mol. The molecule has 0 aliphatic heterocycles. The lowest BCUT2D eigenvalue weighted by Gasteiger charge is -2.05. The number of imidazole rings is 1. The molecule has 1 heterocycles. The molecule has 0 unspecified atom stereocenters. The maximum Gasteiger partial charge on any atom is 0.243 e. The molecule has 0 saturated carbocycles. The molecule has 1 aromatic rings. The first-order valence-corrected chi connectivity index (χ1v) is 5.31. The first-order valence-electron chi connectivity index (χ1n) is 5.31. The number of hydrogen-bond acceptors (Lipinski definition) is 4. The normalized spacial score (nSPS) is 10.5. The third kappa shape index (κ3) is 6.15. The highest BCUT2D eigenvalue weighted by molar-refractivity contribution is 5.74. The van der Waals surface area contributed by atoms with Gasteiger partial charge in [-0.3, -0.25) is 4.79 Å². The zero-order valence-electron chi connectivity index (χ0n) is 9.26. The fourth-order valence-electron chi connectivity index (χ4n) is 1.25. The first kappa shape index (κ1) is 12.7. The van der Waals surface area contributed by atoms with Crippen LogP contribution in [0.15, 0.2) is 18.7 Å². The van der Waals surface area contributed by atoms with E-state index in [1.165, 1.54) is 0 Å². The molecular weight excluding hydrogens is 208 g/mol. The summed E-state index contributed by atoms with van der Waals surface area (Å²) in [5.41, 5.74) is 4.92. The van der Waals surface area contributed by atoms with Gasteiger partial charge in [0, 0.05) is 25.5 Å². The van der Waals surface area contributed by atoms with Crippen LogP contribution in [-0.2, 0) is 16.1 Å². The summed E-state index contributed by atoms with van der Waals surface area (Å²) in [6.07, 6.45) is 6.54. The highest BCUT2D eigenvalue weighted by Gasteiger charge is 1.94. The Labute approximate surface area is 94.8 Å². The molecule has 90 valence electrons. The van der Waals surface area contributed by atoms with Crippen molar-refractivity contribution in [3.05, 3.63) is 18.7 Å². The van der Waals surface area contributed by atoms with E-state index in [2.05, 4.69) is 10.3 Å². The Morgan fingerprint density at radius 3 is 3.06 bits per heavy atom. The second-order valence-electron chi connectivity index (χ2n) is 3.42. The number of hydrogen-bond donors (Lipinski definition) is 2. The van der Waals surface area contributed by atoms with Crippen LogP contribution in [0.5, 0.6) is 0 Å². The van der Waals surface area contributed by atoms with Crippen molar-refractivity contribution in [2.45, 2.75) is 13.0 Å². The van der Waals surface area contributed by atoms with Gasteiger partial charge in [0.05, 0.1) is 12.9 Å². The van der Waals surface area contributed by atoms with Gasteiger partial charge in [0.2, 0.25) is 5.91 Å². The van der Waals surface area contributed by atoms with Crippen molar-refractivity contribution in [3.8, 4) is 0 Å². The third-order valence-corrected chi connectivity index (χ3v) is 2.00. The molecule has 0 aromatic carbocycles. The third-order valence-electron chi connectivity index (χ3n) is 2.00. The summed E-state index contributed by atoms with van der Waals surface area (Å²) in [5.74, 6) is -0.430. The Morgan fingerprint density at radius 1 is 1.50 bits per heavy atom. The zero-order valence-corrected chi connectivity index (χ0v) is 9.26. The van der Waals surface area contributed by atoms with E-state index < -0.39 is 5.91 Å². The lowest BCUT2D eigenvalue weighted by molar-refractivity contribution is -0.122. The number of nitrogens with one attached hydrogen (secondary N) is 1. The molecule has 0 fully saturated rings. The zero-order chi connectivity index (χ0) is 11.6. The SMILES string of the molecule is NC(=O)COCCNCCCn1ccnc1. The molecule has 0 aliphatic carbocycles. The lowest BCUT2D eigenvalue weighted by Crippen LogP contribution is -2.25. The summed E-state index contributed by atoms with van der Waals surface area (Å²) >= 11 is 0. The van der Waals surface area contributed by atoms with Crippen molar-refractivity contribution < 1.29 is 9.53 Å². The Hall–Kier alpha value is -1.40. The van der Waals surface area contributed by atoms with Gasteiger partial charge >= 0.3 is 0 Å². The number of primary amides is 1. The summed E-state index contributed by atoms with van der Waals surface area (Å²) in [6.45, 7) is 3.11. The van der Waals surface area contributed by atoms with Crippen LogP contribution in [0.2, 0.25) is 0 Å². The fraction of sp³-hybridized carbons (Fsp3) is 0.600. The number of amides is 1. The van der Waals surface area contributed by atoms with Gasteiger partial charge in [0.15, 0.2) is 0 Å². The number of aromatic nitrogens is 2. The smallest absolute Gasteiger partial charge is 0.243 e. The quantitative estimate of drug-likeness (QED) is 0.549. The van der Waals surface area contributed by atoms with E-state index in [0.29, 0.717) is 6.61 Å². The number of carbonyl (C=O) groups is 1. The van der Waals surface area contributed by atoms with Crippen LogP contribution in [0.3, 0.4) is 0 Å². The predicted octanol–water partition coefficient (Wildman–Crippen LogP) is -0.635. The van der Waals surface area contributed by atoms with Crippen LogP contribution in [0.4, 0.5) is 0 Å². The molecule has 1 amide bonds. The minimum absolute atomic E-state index is 0.00326. The van der Waals surface area contributed by atoms with Gasteiger partial charge in [-0.15, -0.1) is 0 Å². The van der Waals surface area contributed by atoms with Crippen LogP contribution < -0.4 is 11.1 Å². The molecule has 0 bridgehead atoms. The Bertz CT molecular complexity index is 287. The summed E-state index contributed by atoms with van der Waals surface area (Å²) in [7, 11) is 0. The standard InChI is InChI=1S/C10H18N4O2/c11-10(15)8-16-7-4-12-2-1-5-14-6-3-13-9-14/h3,6,9,12H,1-2,4-5,7-8H2,(H2,11,15). The van der Waals surface area contributed by atoms with Gasteiger partial charge in [-0.2, -0.15) is 0 Å². The number of rotatable bonds is 9. The second-order valence-corrected chi connectivity index (χ2v) is 3.42. The minimum atomic E-state index is -0.430. The van der Waals surface area contributed by atoms with Crippen LogP contribution in [0, 0.1) is 0 Å². The molecule has 0 spiro atoms. The van der Waals surface area contributed by atoms with E-state index in [1.807, 2.05) is 10.8 Å². The fourth-order valence-corrected chi connectivity index (χ4v) is 1.25. The Morgan fingerprint density at radius 2 is 2.38 bits per heavy atom. The average Bonchev–Trinajstić information content (AvgIpc) is 2.74. The van der Waals surface area contributed by atoms with E-state index in [0.717, 1.165) is 26.1 Å². The van der Waals surface area contributed by atoms with E-state index >= 15 is 0 Å². The maximum atomic E-state index is 10.3. The molecule has 16 heavy (non-hydrogen) atoms. The number of nitrogens with two attached hydrogens (primary N) is 1. The average molecular weight is 226 g/mol. The van der Waals surface area contributed by atoms with Crippen LogP contribution in [0.1, 0.15) is 6.42 Å². The van der Waals surface area contributed by atoms with Crippen molar-refractivity contribution in [2.24, 2.45) is 5.73 Å². The van der Waals surface area contributed by atoms with E-state index in [9.17, 15) is 4.79 Å². The summed E-state index contributed by atoms with van der Waals surface area (Å²) in [5, 5.41) is 3.21. The van der Waals surface area contributed by atoms with Gasteiger partial charge in [-0.25, -0.2) is 4.98 Å². The minimum Gasteiger partial charge on any atom is -0.370 e. The number of nitrogens with zero attached hydrogens (tertiary/aromatic N) is 2. The van der Waals surface area contributed by atoms with Gasteiger partial charge < -0.3 is 20.4 Å². The van der Waals surface area contributed by atoms with Crippen molar-refractivity contribution >= 4 is 5.91 Å². The van der Waals surface area contributed by atoms with E-state index in [4.69, 9.17) is 10.5 Å². The van der Waals surface area contributed by atoms with Gasteiger partial charge in [-0.1, -0.05) is 0 Å². The van der Waals surface area contributed by atoms with Crippen LogP contribution in [-0.4, -0.2) is 41.8 Å². The molecule has 0 atom stereocenters. The van der Waals surface area contributed by atoms with Crippen molar-refractivity contribution in [1.29, 1.82) is 0 Å². The lowest BCUT2D eigenvalue weighted by atomic mass is 10.4. The van der Waals surface area contributed by atoms with Crippen LogP contribution >= 0.6 is 0 Å². The Kier molecular flexibility index (Phi) is 6.20. The number of ether oxygens (including phenoxy) is 1. The van der Waals surface area contributed by atoms with Gasteiger partial charge in [0.1, 0.15) is 6.61 Å². The molecule has 1 aromatic heterocycles. The molecule has 6 heteroatoms. The number of carbonyl (C=O) groups excluding carboxylic acids is 1. The molecule has 0 aliphatic rings. The topological polar surface area (TPSA) is 82.2 Å². The van der Waals surface area contributed by atoms with Crippen LogP contribution in [0.25, 0.3) is 0 Å². The second kappa shape index (κ2) is 7.84. The van der Waals surface area contributed by atoms with E-state index in [1.54, 1.807) is 12.5 Å². The highest BCUT2D eigenvalue weighted by Crippen LogP contribution is 1.88. The van der Waals surface area contributed by atoms with E-state index in [-0.39, 0.29) is 6.61 Å². The summed E-state index contributed by atoms with van der Waals surface area (Å²) in [4.78, 5) is 14.3. The van der Waals surface area contributed by atoms with Gasteiger partial charge in [-0.05, 0) is 13.0 Å². The molecule has 0 saturated heterocycles. The first-order chi connectivity index (χ1) is 7.79. The molecule has 1 rings (SSSR count). The maximum absolute atomic E-state index is 10.3. The van der Waals surface area contributed by atoms with Gasteiger partial charge in [0.25, 0.3) is 0 Å².